The quantitative estimate of drug-likeness (QED) is 0.811. The summed E-state index contributed by atoms with van der Waals surface area (Å²) in [6.45, 7) is 10.1. The lowest BCUT2D eigenvalue weighted by atomic mass is 9.90. The number of carbonyl (C=O) groups is 2. The SMILES string of the molecule is CC(C)(C)OC(=O)N(C(=O)OC(C)(C)C)c1nc2cc([B]O)ccn2n1. The molecule has 2 rings (SSSR count). The first-order valence-corrected chi connectivity index (χ1v) is 7.99. The normalized spacial score (nSPS) is 12.0. The number of carbonyl (C=O) groups excluding carboxylic acids is 2. The molecule has 26 heavy (non-hydrogen) atoms. The van der Waals surface area contributed by atoms with Crippen molar-refractivity contribution < 1.29 is 24.1 Å². The van der Waals surface area contributed by atoms with Gasteiger partial charge in [-0.25, -0.2) is 14.1 Å². The standard InChI is InChI=1S/C16H22BN4O5/c1-15(2,3)25-13(22)21(14(23)26-16(4,5)6)12-18-11-9-10(17-24)7-8-20(11)19-12/h7-9,24H,1-6H3. The number of aromatic nitrogens is 3. The second kappa shape index (κ2) is 6.95. The third kappa shape index (κ3) is 4.95. The number of ether oxygens (including phenoxy) is 2. The second-order valence-corrected chi connectivity index (χ2v) is 7.60. The molecule has 2 amide bonds. The average Bonchev–Trinajstić information content (AvgIpc) is 2.85. The van der Waals surface area contributed by atoms with Crippen LogP contribution in [0, 0.1) is 0 Å². The molecule has 0 aliphatic carbocycles. The summed E-state index contributed by atoms with van der Waals surface area (Å²) in [6, 6.07) is 3.13. The van der Waals surface area contributed by atoms with Gasteiger partial charge >= 0.3 is 19.7 Å². The molecule has 2 heterocycles. The zero-order chi connectivity index (χ0) is 19.7. The fourth-order valence-electron chi connectivity index (χ4n) is 1.91. The van der Waals surface area contributed by atoms with Gasteiger partial charge < -0.3 is 14.5 Å². The zero-order valence-corrected chi connectivity index (χ0v) is 15.7. The number of rotatable bonds is 2. The molecule has 0 spiro atoms. The Morgan fingerprint density at radius 1 is 1.12 bits per heavy atom. The highest BCUT2D eigenvalue weighted by Crippen LogP contribution is 2.19. The first kappa shape index (κ1) is 19.7. The van der Waals surface area contributed by atoms with Crippen LogP contribution in [0.3, 0.4) is 0 Å². The van der Waals surface area contributed by atoms with Crippen LogP contribution in [0.25, 0.3) is 5.65 Å². The van der Waals surface area contributed by atoms with Crippen LogP contribution in [0.1, 0.15) is 41.5 Å². The summed E-state index contributed by atoms with van der Waals surface area (Å²) in [6.07, 6.45) is -0.357. The molecule has 10 heteroatoms. The van der Waals surface area contributed by atoms with Gasteiger partial charge in [0, 0.05) is 6.20 Å². The van der Waals surface area contributed by atoms with Gasteiger partial charge in [-0.2, -0.15) is 4.98 Å². The van der Waals surface area contributed by atoms with E-state index in [1.54, 1.807) is 53.7 Å². The van der Waals surface area contributed by atoms with Crippen molar-refractivity contribution in [1.29, 1.82) is 0 Å². The number of imide groups is 1. The predicted molar refractivity (Wildman–Crippen MR) is 95.5 cm³/mol. The molecule has 0 bridgehead atoms. The van der Waals surface area contributed by atoms with E-state index in [1.807, 2.05) is 0 Å². The van der Waals surface area contributed by atoms with Gasteiger partial charge in [0.2, 0.25) is 0 Å². The van der Waals surface area contributed by atoms with Gasteiger partial charge in [0.1, 0.15) is 11.2 Å². The minimum atomic E-state index is -0.948. The van der Waals surface area contributed by atoms with E-state index in [0.29, 0.717) is 16.0 Å². The summed E-state index contributed by atoms with van der Waals surface area (Å²) < 4.78 is 11.9. The lowest BCUT2D eigenvalue weighted by molar-refractivity contribution is 0.0427. The predicted octanol–water partition coefficient (Wildman–Crippen LogP) is 1.64. The van der Waals surface area contributed by atoms with Crippen LogP contribution in [0.2, 0.25) is 0 Å². The van der Waals surface area contributed by atoms with Crippen LogP contribution in [-0.4, -0.2) is 50.5 Å². The highest BCUT2D eigenvalue weighted by atomic mass is 16.6. The maximum atomic E-state index is 12.6. The fourth-order valence-corrected chi connectivity index (χ4v) is 1.91. The number of amides is 2. The molecular weight excluding hydrogens is 339 g/mol. The number of hydrogen-bond donors (Lipinski definition) is 1. The van der Waals surface area contributed by atoms with E-state index in [9.17, 15) is 9.59 Å². The maximum absolute atomic E-state index is 12.6. The minimum Gasteiger partial charge on any atom is -0.450 e. The lowest BCUT2D eigenvalue weighted by Gasteiger charge is -2.26. The Kier molecular flexibility index (Phi) is 5.27. The summed E-state index contributed by atoms with van der Waals surface area (Å²) in [5.74, 6) is -0.191. The van der Waals surface area contributed by atoms with Crippen molar-refractivity contribution in [3.05, 3.63) is 18.3 Å². The number of hydrogen-bond acceptors (Lipinski definition) is 7. The number of fused-ring (bicyclic) bond motifs is 1. The van der Waals surface area contributed by atoms with Gasteiger partial charge in [-0.05, 0) is 59.1 Å². The summed E-state index contributed by atoms with van der Waals surface area (Å²) in [7, 11) is 0.911. The highest BCUT2D eigenvalue weighted by Gasteiger charge is 2.35. The second-order valence-electron chi connectivity index (χ2n) is 7.60. The summed E-state index contributed by atoms with van der Waals surface area (Å²) in [5.41, 5.74) is -0.817. The van der Waals surface area contributed by atoms with E-state index in [1.165, 1.54) is 10.7 Å². The molecule has 0 aliphatic heterocycles. The molecule has 0 saturated heterocycles. The molecule has 1 radical (unpaired) electrons. The highest BCUT2D eigenvalue weighted by molar-refractivity contribution is 6.45. The largest absolute Gasteiger partial charge is 0.450 e. The van der Waals surface area contributed by atoms with Crippen molar-refractivity contribution in [2.45, 2.75) is 52.7 Å². The lowest BCUT2D eigenvalue weighted by Crippen LogP contribution is -2.44. The van der Waals surface area contributed by atoms with Gasteiger partial charge in [-0.1, -0.05) is 0 Å². The number of anilines is 1. The first-order chi connectivity index (χ1) is 11.9. The van der Waals surface area contributed by atoms with Gasteiger partial charge in [-0.15, -0.1) is 10.00 Å². The van der Waals surface area contributed by atoms with E-state index in [0.717, 1.165) is 7.48 Å². The van der Waals surface area contributed by atoms with Crippen molar-refractivity contribution in [3.63, 3.8) is 0 Å². The number of nitrogens with zero attached hydrogens (tertiary/aromatic N) is 4. The average molecular weight is 361 g/mol. The molecule has 0 fully saturated rings. The van der Waals surface area contributed by atoms with E-state index in [-0.39, 0.29) is 5.95 Å². The van der Waals surface area contributed by atoms with Crippen molar-refractivity contribution in [2.75, 3.05) is 4.90 Å². The molecule has 0 aliphatic rings. The third-order valence-electron chi connectivity index (χ3n) is 2.85. The van der Waals surface area contributed by atoms with Gasteiger partial charge in [0.15, 0.2) is 5.65 Å². The Labute approximate surface area is 152 Å². The Morgan fingerprint density at radius 2 is 1.65 bits per heavy atom. The molecule has 0 aromatic carbocycles. The van der Waals surface area contributed by atoms with Crippen molar-refractivity contribution in [3.8, 4) is 0 Å². The van der Waals surface area contributed by atoms with Crippen molar-refractivity contribution in [2.24, 2.45) is 0 Å². The molecule has 1 N–H and O–H groups in total. The van der Waals surface area contributed by atoms with E-state index in [4.69, 9.17) is 14.5 Å². The Morgan fingerprint density at radius 3 is 2.12 bits per heavy atom. The molecule has 139 valence electrons. The van der Waals surface area contributed by atoms with Crippen LogP contribution in [0.15, 0.2) is 18.3 Å². The van der Waals surface area contributed by atoms with Gasteiger partial charge in [0.05, 0.1) is 0 Å². The van der Waals surface area contributed by atoms with Crippen LogP contribution >= 0.6 is 0 Å². The molecule has 2 aromatic heterocycles. The summed E-state index contributed by atoms with van der Waals surface area (Å²) >= 11 is 0. The molecule has 9 nitrogen and oxygen atoms in total. The molecule has 0 saturated carbocycles. The zero-order valence-electron chi connectivity index (χ0n) is 15.7. The Hall–Kier alpha value is -2.62. The topological polar surface area (TPSA) is 106 Å². The van der Waals surface area contributed by atoms with Crippen LogP contribution < -0.4 is 10.4 Å². The van der Waals surface area contributed by atoms with Crippen LogP contribution in [0.4, 0.5) is 15.5 Å². The summed E-state index contributed by atoms with van der Waals surface area (Å²) in [4.78, 5) is 29.9. The maximum Gasteiger partial charge on any atom is 0.427 e. The molecular formula is C16H22BN4O5. The number of pyridine rings is 1. The van der Waals surface area contributed by atoms with Crippen molar-refractivity contribution >= 4 is 36.7 Å². The molecule has 0 atom stereocenters. The monoisotopic (exact) mass is 361 g/mol. The molecule has 0 unspecified atom stereocenters. The van der Waals surface area contributed by atoms with E-state index < -0.39 is 23.4 Å². The van der Waals surface area contributed by atoms with Crippen LogP contribution in [0.5, 0.6) is 0 Å². The molecule has 2 aromatic rings. The summed E-state index contributed by atoms with van der Waals surface area (Å²) in [5, 5.41) is 13.2. The van der Waals surface area contributed by atoms with E-state index >= 15 is 0 Å². The first-order valence-electron chi connectivity index (χ1n) is 7.99. The fraction of sp³-hybridized carbons (Fsp3) is 0.500. The minimum absolute atomic E-state index is 0.191. The van der Waals surface area contributed by atoms with Gasteiger partial charge in [-0.3, -0.25) is 0 Å². The van der Waals surface area contributed by atoms with Gasteiger partial charge in [0.25, 0.3) is 5.95 Å². The Bertz CT molecular complexity index is 794. The smallest absolute Gasteiger partial charge is 0.427 e. The Balaban J connectivity index is 2.45. The van der Waals surface area contributed by atoms with Crippen molar-refractivity contribution in [1.82, 2.24) is 14.6 Å². The van der Waals surface area contributed by atoms with E-state index in [2.05, 4.69) is 10.1 Å². The van der Waals surface area contributed by atoms with Crippen LogP contribution in [-0.2, 0) is 9.47 Å². The third-order valence-corrected chi connectivity index (χ3v) is 2.85.